The van der Waals surface area contributed by atoms with Gasteiger partial charge in [0.25, 0.3) is 0 Å². The van der Waals surface area contributed by atoms with E-state index in [0.717, 1.165) is 34.3 Å². The molecular formula is C17H25N3O3S. The number of rotatable bonds is 8. The fourth-order valence-electron chi connectivity index (χ4n) is 2.85. The van der Waals surface area contributed by atoms with E-state index in [1.807, 2.05) is 26.2 Å². The van der Waals surface area contributed by atoms with Crippen molar-refractivity contribution in [1.29, 1.82) is 0 Å². The smallest absolute Gasteiger partial charge is 0.340 e. The molecule has 0 aliphatic rings. The van der Waals surface area contributed by atoms with E-state index in [-0.39, 0.29) is 5.97 Å². The average molecular weight is 351 g/mol. The maximum absolute atomic E-state index is 12.5. The molecule has 0 aliphatic heterocycles. The molecule has 1 N–H and O–H groups in total. The Morgan fingerprint density at radius 1 is 1.33 bits per heavy atom. The Morgan fingerprint density at radius 2 is 2.08 bits per heavy atom. The zero-order valence-corrected chi connectivity index (χ0v) is 15.7. The summed E-state index contributed by atoms with van der Waals surface area (Å²) in [5, 5.41) is 6.01. The topological polar surface area (TPSA) is 65.4 Å². The molecule has 2 heterocycles. The molecule has 2 aromatic heterocycles. The number of methoxy groups -OCH3 is 1. The number of carbonyl (C=O) groups is 1. The molecule has 6 nitrogen and oxygen atoms in total. The van der Waals surface area contributed by atoms with Crippen LogP contribution in [0.15, 0.2) is 5.38 Å². The fourth-order valence-corrected chi connectivity index (χ4v) is 3.58. The number of ether oxygens (including phenoxy) is 2. The standard InChI is InChI=1S/C17H25N3O3S/c1-6-20-11(3)14(15(12(20)4)16(21)23-7-2)13-10-24-17(19-13)18-8-9-22-5/h10H,6-9H2,1-5H3,(H,18,19). The third-order valence-electron chi connectivity index (χ3n) is 3.92. The van der Waals surface area contributed by atoms with Crippen molar-refractivity contribution in [3.63, 3.8) is 0 Å². The Bertz CT molecular complexity index is 706. The number of hydrogen-bond acceptors (Lipinski definition) is 6. The molecule has 0 aliphatic carbocycles. The first-order valence-corrected chi connectivity index (χ1v) is 8.98. The van der Waals surface area contributed by atoms with Gasteiger partial charge in [-0.25, -0.2) is 9.78 Å². The number of carbonyl (C=O) groups excluding carboxylic acids is 1. The van der Waals surface area contributed by atoms with E-state index < -0.39 is 0 Å². The SMILES string of the molecule is CCOC(=O)c1c(-c2csc(NCCOC)n2)c(C)n(CC)c1C. The first-order valence-electron chi connectivity index (χ1n) is 8.10. The van der Waals surface area contributed by atoms with Crippen LogP contribution >= 0.6 is 11.3 Å². The zero-order valence-electron chi connectivity index (χ0n) is 14.9. The van der Waals surface area contributed by atoms with Gasteiger partial charge < -0.3 is 19.4 Å². The van der Waals surface area contributed by atoms with E-state index in [0.29, 0.717) is 25.3 Å². The van der Waals surface area contributed by atoms with Crippen LogP contribution in [0.2, 0.25) is 0 Å². The van der Waals surface area contributed by atoms with Crippen molar-refractivity contribution >= 4 is 22.4 Å². The maximum atomic E-state index is 12.5. The van der Waals surface area contributed by atoms with Crippen molar-refractivity contribution in [2.75, 3.05) is 32.2 Å². The summed E-state index contributed by atoms with van der Waals surface area (Å²) in [6, 6.07) is 0. The third-order valence-corrected chi connectivity index (χ3v) is 4.72. The van der Waals surface area contributed by atoms with Crippen molar-refractivity contribution in [3.05, 3.63) is 22.3 Å². The quantitative estimate of drug-likeness (QED) is 0.583. The van der Waals surface area contributed by atoms with E-state index in [1.54, 1.807) is 7.11 Å². The molecule has 0 atom stereocenters. The molecule has 0 saturated heterocycles. The minimum atomic E-state index is -0.290. The molecule has 2 aromatic rings. The van der Waals surface area contributed by atoms with Gasteiger partial charge in [0.1, 0.15) is 0 Å². The van der Waals surface area contributed by atoms with Gasteiger partial charge in [-0.3, -0.25) is 0 Å². The van der Waals surface area contributed by atoms with Gasteiger partial charge in [0.15, 0.2) is 5.13 Å². The van der Waals surface area contributed by atoms with Crippen LogP contribution in [0.5, 0.6) is 0 Å². The Morgan fingerprint density at radius 3 is 2.71 bits per heavy atom. The van der Waals surface area contributed by atoms with Crippen LogP contribution < -0.4 is 5.32 Å². The first kappa shape index (κ1) is 18.5. The van der Waals surface area contributed by atoms with Gasteiger partial charge in [-0.15, -0.1) is 11.3 Å². The van der Waals surface area contributed by atoms with E-state index in [1.165, 1.54) is 11.3 Å². The zero-order chi connectivity index (χ0) is 17.7. The van der Waals surface area contributed by atoms with Gasteiger partial charge in [0.2, 0.25) is 0 Å². The van der Waals surface area contributed by atoms with E-state index in [9.17, 15) is 4.79 Å². The first-order chi connectivity index (χ1) is 11.5. The number of nitrogens with one attached hydrogen (secondary N) is 1. The Hall–Kier alpha value is -1.86. The summed E-state index contributed by atoms with van der Waals surface area (Å²) in [6.07, 6.45) is 0. The van der Waals surface area contributed by atoms with Gasteiger partial charge in [-0.1, -0.05) is 0 Å². The molecule has 24 heavy (non-hydrogen) atoms. The van der Waals surface area contributed by atoms with Crippen LogP contribution in [0.25, 0.3) is 11.3 Å². The largest absolute Gasteiger partial charge is 0.462 e. The lowest BCUT2D eigenvalue weighted by Crippen LogP contribution is -2.08. The van der Waals surface area contributed by atoms with Crippen molar-refractivity contribution in [1.82, 2.24) is 9.55 Å². The third kappa shape index (κ3) is 3.62. The van der Waals surface area contributed by atoms with Gasteiger partial charge >= 0.3 is 5.97 Å². The highest BCUT2D eigenvalue weighted by molar-refractivity contribution is 7.14. The van der Waals surface area contributed by atoms with Crippen molar-refractivity contribution in [3.8, 4) is 11.3 Å². The molecule has 0 fully saturated rings. The summed E-state index contributed by atoms with van der Waals surface area (Å²) in [4.78, 5) is 17.1. The van der Waals surface area contributed by atoms with Crippen LogP contribution in [-0.2, 0) is 16.0 Å². The summed E-state index contributed by atoms with van der Waals surface area (Å²) in [6.45, 7) is 10.3. The highest BCUT2D eigenvalue weighted by Gasteiger charge is 2.26. The average Bonchev–Trinajstić information content (AvgIpc) is 3.10. The lowest BCUT2D eigenvalue weighted by atomic mass is 10.1. The number of anilines is 1. The van der Waals surface area contributed by atoms with Gasteiger partial charge in [-0.2, -0.15) is 0 Å². The van der Waals surface area contributed by atoms with Crippen molar-refractivity contribution in [2.45, 2.75) is 34.2 Å². The van der Waals surface area contributed by atoms with Gasteiger partial charge in [-0.05, 0) is 27.7 Å². The normalized spacial score (nSPS) is 10.9. The van der Waals surface area contributed by atoms with E-state index in [2.05, 4.69) is 21.8 Å². The van der Waals surface area contributed by atoms with Gasteiger partial charge in [0.05, 0.1) is 24.5 Å². The van der Waals surface area contributed by atoms with Crippen LogP contribution in [0.4, 0.5) is 5.13 Å². The molecule has 2 rings (SSSR count). The molecule has 0 aromatic carbocycles. The summed E-state index contributed by atoms with van der Waals surface area (Å²) in [5.41, 5.74) is 4.24. The summed E-state index contributed by atoms with van der Waals surface area (Å²) in [5.74, 6) is -0.290. The molecule has 0 bridgehead atoms. The lowest BCUT2D eigenvalue weighted by molar-refractivity contribution is 0.0526. The number of thiazole rings is 1. The van der Waals surface area contributed by atoms with E-state index >= 15 is 0 Å². The molecule has 0 radical (unpaired) electrons. The molecule has 0 unspecified atom stereocenters. The van der Waals surface area contributed by atoms with Crippen LogP contribution in [0, 0.1) is 13.8 Å². The molecule has 0 spiro atoms. The summed E-state index contributed by atoms with van der Waals surface area (Å²) < 4.78 is 12.4. The minimum absolute atomic E-state index is 0.290. The number of hydrogen-bond donors (Lipinski definition) is 1. The molecule has 0 saturated carbocycles. The maximum Gasteiger partial charge on any atom is 0.340 e. The number of nitrogens with zero attached hydrogens (tertiary/aromatic N) is 2. The minimum Gasteiger partial charge on any atom is -0.462 e. The highest BCUT2D eigenvalue weighted by Crippen LogP contribution is 2.34. The Balaban J connectivity index is 2.43. The van der Waals surface area contributed by atoms with Crippen LogP contribution in [0.1, 0.15) is 35.6 Å². The van der Waals surface area contributed by atoms with Gasteiger partial charge in [0, 0.05) is 42.5 Å². The summed E-state index contributed by atoms with van der Waals surface area (Å²) in [7, 11) is 1.67. The van der Waals surface area contributed by atoms with Crippen LogP contribution in [0.3, 0.4) is 0 Å². The van der Waals surface area contributed by atoms with Crippen molar-refractivity contribution < 1.29 is 14.3 Å². The molecule has 7 heteroatoms. The predicted molar refractivity (Wildman–Crippen MR) is 97.0 cm³/mol. The van der Waals surface area contributed by atoms with Crippen molar-refractivity contribution in [2.24, 2.45) is 0 Å². The van der Waals surface area contributed by atoms with E-state index in [4.69, 9.17) is 9.47 Å². The Kier molecular flexibility index (Phi) is 6.39. The van der Waals surface area contributed by atoms with Crippen LogP contribution in [-0.4, -0.2) is 42.4 Å². The monoisotopic (exact) mass is 351 g/mol. The number of esters is 1. The number of aromatic nitrogens is 2. The molecular weight excluding hydrogens is 326 g/mol. The molecule has 0 amide bonds. The molecule has 132 valence electrons. The second kappa shape index (κ2) is 8.30. The summed E-state index contributed by atoms with van der Waals surface area (Å²) >= 11 is 1.52. The predicted octanol–water partition coefficient (Wildman–Crippen LogP) is 3.48. The Labute approximate surface area is 146 Å². The fraction of sp³-hybridized carbons (Fsp3) is 0.529. The lowest BCUT2D eigenvalue weighted by Gasteiger charge is -2.05. The highest BCUT2D eigenvalue weighted by atomic mass is 32.1. The second-order valence-electron chi connectivity index (χ2n) is 5.34. The second-order valence-corrected chi connectivity index (χ2v) is 6.20.